The monoisotopic (exact) mass is 206 g/mol. The number of furan rings is 1. The largest absolute Gasteiger partial charge is 0.456 e. The number of fused-ring (bicyclic) bond motifs is 3. The molecular weight excluding hydrogens is 196 g/mol. The van der Waals surface area contributed by atoms with Crippen molar-refractivity contribution in [3.63, 3.8) is 0 Å². The van der Waals surface area contributed by atoms with Gasteiger partial charge >= 0.3 is 0 Å². The molecule has 0 N–H and O–H groups in total. The Kier molecular flexibility index (Phi) is 1.41. The second-order valence-corrected chi connectivity index (χ2v) is 4.21. The third-order valence-corrected chi connectivity index (χ3v) is 3.16. The van der Waals surface area contributed by atoms with Crippen LogP contribution in [0, 0.1) is 0 Å². The van der Waals surface area contributed by atoms with Crippen molar-refractivity contribution >= 4 is 27.5 Å². The zero-order valence-electron chi connectivity index (χ0n) is 8.73. The van der Waals surface area contributed by atoms with Gasteiger partial charge in [0.2, 0.25) is 0 Å². The lowest BCUT2D eigenvalue weighted by atomic mass is 10.0. The number of para-hydroxylation sites is 1. The van der Waals surface area contributed by atoms with Gasteiger partial charge < -0.3 is 4.42 Å². The van der Waals surface area contributed by atoms with Crippen LogP contribution >= 0.6 is 0 Å². The van der Waals surface area contributed by atoms with E-state index in [0.717, 1.165) is 17.6 Å². The molecule has 2 aromatic carbocycles. The highest BCUT2D eigenvalue weighted by Crippen LogP contribution is 2.39. The Labute approximate surface area is 93.0 Å². The number of rotatable bonds is 1. The maximum absolute atomic E-state index is 5.84. The molecule has 16 heavy (non-hydrogen) atoms. The minimum atomic E-state index is 0.978. The molecule has 0 saturated heterocycles. The summed E-state index contributed by atoms with van der Waals surface area (Å²) in [5.41, 5.74) is 4.75. The molecule has 1 aliphatic rings. The summed E-state index contributed by atoms with van der Waals surface area (Å²) >= 11 is 0. The number of allylic oxidation sites excluding steroid dienone is 2. The second-order valence-electron chi connectivity index (χ2n) is 4.21. The molecular formula is C15H10O. The van der Waals surface area contributed by atoms with Crippen LogP contribution in [0.3, 0.4) is 0 Å². The summed E-state index contributed by atoms with van der Waals surface area (Å²) in [6.07, 6.45) is 3.38. The maximum Gasteiger partial charge on any atom is 0.136 e. The van der Waals surface area contributed by atoms with Crippen molar-refractivity contribution in [3.8, 4) is 0 Å². The highest BCUT2D eigenvalue weighted by molar-refractivity contribution is 6.11. The van der Waals surface area contributed by atoms with Crippen LogP contribution in [0.4, 0.5) is 0 Å². The minimum absolute atomic E-state index is 0.978. The van der Waals surface area contributed by atoms with Gasteiger partial charge in [-0.1, -0.05) is 36.4 Å². The third kappa shape index (κ3) is 1.00. The van der Waals surface area contributed by atoms with E-state index in [1.165, 1.54) is 21.9 Å². The fourth-order valence-electron chi connectivity index (χ4n) is 2.31. The first kappa shape index (κ1) is 8.17. The molecule has 1 heteroatoms. The Morgan fingerprint density at radius 2 is 1.69 bits per heavy atom. The van der Waals surface area contributed by atoms with Gasteiger partial charge in [0, 0.05) is 10.8 Å². The lowest BCUT2D eigenvalue weighted by molar-refractivity contribution is 0.669. The van der Waals surface area contributed by atoms with Crippen molar-refractivity contribution in [2.75, 3.05) is 0 Å². The van der Waals surface area contributed by atoms with Crippen LogP contribution < -0.4 is 0 Å². The summed E-state index contributed by atoms with van der Waals surface area (Å²) in [7, 11) is 0. The Morgan fingerprint density at radius 1 is 0.875 bits per heavy atom. The lowest BCUT2D eigenvalue weighted by Gasteiger charge is -1.97. The molecule has 0 fully saturated rings. The highest BCUT2D eigenvalue weighted by Gasteiger charge is 2.16. The molecule has 0 spiro atoms. The van der Waals surface area contributed by atoms with Crippen molar-refractivity contribution in [2.24, 2.45) is 0 Å². The van der Waals surface area contributed by atoms with Crippen LogP contribution in [0.2, 0.25) is 0 Å². The molecule has 0 aliphatic heterocycles. The van der Waals surface area contributed by atoms with Crippen LogP contribution in [-0.2, 0) is 0 Å². The molecule has 0 bridgehead atoms. The molecule has 76 valence electrons. The van der Waals surface area contributed by atoms with E-state index in [1.807, 2.05) is 18.2 Å². The summed E-state index contributed by atoms with van der Waals surface area (Å²) in [6.45, 7) is 0. The Hall–Kier alpha value is -2.02. The van der Waals surface area contributed by atoms with Crippen molar-refractivity contribution in [1.29, 1.82) is 0 Å². The third-order valence-electron chi connectivity index (χ3n) is 3.16. The van der Waals surface area contributed by atoms with E-state index in [0.29, 0.717) is 0 Å². The van der Waals surface area contributed by atoms with Gasteiger partial charge in [-0.2, -0.15) is 0 Å². The first-order valence-electron chi connectivity index (χ1n) is 5.53. The van der Waals surface area contributed by atoms with Gasteiger partial charge in [-0.05, 0) is 29.7 Å². The first-order chi connectivity index (χ1) is 7.93. The number of benzene rings is 2. The predicted molar refractivity (Wildman–Crippen MR) is 66.3 cm³/mol. The zero-order valence-corrected chi connectivity index (χ0v) is 8.73. The molecule has 0 unspecified atom stereocenters. The maximum atomic E-state index is 5.84. The summed E-state index contributed by atoms with van der Waals surface area (Å²) < 4.78 is 5.84. The average molecular weight is 206 g/mol. The molecule has 1 nitrogen and oxygen atoms in total. The van der Waals surface area contributed by atoms with Crippen LogP contribution in [-0.4, -0.2) is 0 Å². The topological polar surface area (TPSA) is 13.1 Å². The number of hydrogen-bond acceptors (Lipinski definition) is 1. The molecule has 1 aliphatic carbocycles. The molecule has 1 aromatic heterocycles. The smallest absolute Gasteiger partial charge is 0.136 e. The van der Waals surface area contributed by atoms with E-state index in [-0.39, 0.29) is 0 Å². The molecule has 0 saturated carbocycles. The summed E-state index contributed by atoms with van der Waals surface area (Å²) in [4.78, 5) is 0. The van der Waals surface area contributed by atoms with Gasteiger partial charge in [0.1, 0.15) is 11.2 Å². The normalized spacial score (nSPS) is 14.4. The van der Waals surface area contributed by atoms with Crippen molar-refractivity contribution in [1.82, 2.24) is 0 Å². The van der Waals surface area contributed by atoms with Crippen LogP contribution in [0.5, 0.6) is 0 Å². The van der Waals surface area contributed by atoms with Crippen LogP contribution in [0.1, 0.15) is 12.0 Å². The van der Waals surface area contributed by atoms with Gasteiger partial charge in [0.25, 0.3) is 0 Å². The van der Waals surface area contributed by atoms with Crippen molar-refractivity contribution in [2.45, 2.75) is 6.42 Å². The van der Waals surface area contributed by atoms with E-state index in [2.05, 4.69) is 30.3 Å². The fourth-order valence-corrected chi connectivity index (χ4v) is 2.31. The second kappa shape index (κ2) is 2.76. The Balaban J connectivity index is 2.26. The molecule has 0 radical (unpaired) electrons. The van der Waals surface area contributed by atoms with Crippen molar-refractivity contribution in [3.05, 3.63) is 54.1 Å². The number of hydrogen-bond donors (Lipinski definition) is 0. The molecule has 3 aromatic rings. The minimum Gasteiger partial charge on any atom is -0.456 e. The molecule has 0 atom stereocenters. The predicted octanol–water partition coefficient (Wildman–Crippen LogP) is 4.37. The van der Waals surface area contributed by atoms with Gasteiger partial charge in [-0.15, -0.1) is 0 Å². The van der Waals surface area contributed by atoms with Crippen LogP contribution in [0.25, 0.3) is 27.5 Å². The SMILES string of the molecule is C1=C(c2cccc3oc4ccccc4c23)C1. The van der Waals surface area contributed by atoms with E-state index in [1.54, 1.807) is 0 Å². The average Bonchev–Trinajstić information content (AvgIpc) is 3.09. The van der Waals surface area contributed by atoms with Crippen LogP contribution in [0.15, 0.2) is 53.0 Å². The summed E-state index contributed by atoms with van der Waals surface area (Å²) in [5, 5.41) is 2.49. The highest BCUT2D eigenvalue weighted by atomic mass is 16.3. The van der Waals surface area contributed by atoms with E-state index < -0.39 is 0 Å². The lowest BCUT2D eigenvalue weighted by Crippen LogP contribution is -1.75. The van der Waals surface area contributed by atoms with Crippen molar-refractivity contribution < 1.29 is 4.42 Å². The Bertz CT molecular complexity index is 731. The molecule has 4 rings (SSSR count). The quantitative estimate of drug-likeness (QED) is 0.576. The Morgan fingerprint density at radius 3 is 2.56 bits per heavy atom. The van der Waals surface area contributed by atoms with Gasteiger partial charge in [0.15, 0.2) is 0 Å². The van der Waals surface area contributed by atoms with E-state index in [9.17, 15) is 0 Å². The fraction of sp³-hybridized carbons (Fsp3) is 0.0667. The zero-order chi connectivity index (χ0) is 10.5. The van der Waals surface area contributed by atoms with E-state index in [4.69, 9.17) is 4.42 Å². The van der Waals surface area contributed by atoms with E-state index >= 15 is 0 Å². The van der Waals surface area contributed by atoms with Gasteiger partial charge in [-0.25, -0.2) is 0 Å². The van der Waals surface area contributed by atoms with Gasteiger partial charge in [-0.3, -0.25) is 0 Å². The van der Waals surface area contributed by atoms with Gasteiger partial charge in [0.05, 0.1) is 0 Å². The first-order valence-corrected chi connectivity index (χ1v) is 5.53. The standard InChI is InChI=1S/C15H10O/c1-2-6-13-12(4-1)15-11(10-8-9-10)5-3-7-14(15)16-13/h1-8H,9H2. The summed E-state index contributed by atoms with van der Waals surface area (Å²) in [5.74, 6) is 0. The summed E-state index contributed by atoms with van der Waals surface area (Å²) in [6, 6.07) is 14.5. The molecule has 1 heterocycles. The molecule has 0 amide bonds.